The first-order chi connectivity index (χ1) is 45.3. The summed E-state index contributed by atoms with van der Waals surface area (Å²) in [6.07, 6.45) is 9.89. The molecule has 6 unspecified atom stereocenters. The van der Waals surface area contributed by atoms with Crippen LogP contribution in [-0.2, 0) is 83.2 Å². The summed E-state index contributed by atoms with van der Waals surface area (Å²) in [5.74, 6) is 4.91. The average molecular weight is 1530 g/mol. The van der Waals surface area contributed by atoms with Gasteiger partial charge in [-0.25, -0.2) is 14.3 Å². The van der Waals surface area contributed by atoms with E-state index in [1.54, 1.807) is 13.8 Å². The lowest BCUT2D eigenvalue weighted by Crippen LogP contribution is -2.37. The van der Waals surface area contributed by atoms with Crippen LogP contribution in [0.5, 0.6) is 0 Å². The number of carbonyl (C=O) groups is 10. The molecule has 2 fully saturated rings. The molecule has 2 aromatic carbocycles. The predicted octanol–water partition coefficient (Wildman–Crippen LogP) is 7.77. The molecule has 0 spiro atoms. The highest BCUT2D eigenvalue weighted by molar-refractivity contribution is 14.1. The van der Waals surface area contributed by atoms with Crippen LogP contribution in [0.4, 0.5) is 9.59 Å². The minimum Gasteiger partial charge on any atom is -0.465 e. The number of carbonyl (C=O) groups excluding carboxylic acids is 10. The largest absolute Gasteiger partial charge is 0.465 e. The molecule has 7 rings (SSSR count). The molecule has 28 heteroatoms. The van der Waals surface area contributed by atoms with Crippen LogP contribution in [0, 0.1) is 66.3 Å². The molecule has 0 saturated heterocycles. The molecule has 94 heavy (non-hydrogen) atoms. The van der Waals surface area contributed by atoms with Gasteiger partial charge in [-0.15, -0.1) is 16.9 Å². The van der Waals surface area contributed by atoms with Crippen molar-refractivity contribution in [3.05, 3.63) is 88.6 Å². The number of nitrogens with zero attached hydrogens (tertiary/aromatic N) is 6. The maximum absolute atomic E-state index is 12.7. The molecule has 0 radical (unpaired) electrons. The molecule has 4 aliphatic carbocycles. The number of halogens is 2. The second-order valence-corrected chi connectivity index (χ2v) is 26.1. The SMILES string of the molecule is CCOC(=O)CNC(=O)C(CCCCNC(=O)OCC1C2CCC#CCCC21)CC(=O)CNC(C)=O.CCOC(=O)CNC(=O)C(CCCCNC(=O)OC[C@@H]1C2CCc3nnn(Cc4cccc([125I])c4)c3CCC21)CC(=O)CNC(C)=O.[N-]=[N+]=NCc1cccc([125I])c1. The number of fused-ring (bicyclic) bond motifs is 3. The summed E-state index contributed by atoms with van der Waals surface area (Å²) < 4.78 is 25.0. The van der Waals surface area contributed by atoms with Gasteiger partial charge in [-0.05, 0) is 200 Å². The molecule has 512 valence electrons. The molecule has 6 amide bonds. The zero-order valence-corrected chi connectivity index (χ0v) is 58.5. The number of ketones is 2. The van der Waals surface area contributed by atoms with E-state index in [-0.39, 0.29) is 75.6 Å². The Hall–Kier alpha value is -7.39. The summed E-state index contributed by atoms with van der Waals surface area (Å²) >= 11 is 4.54. The average Bonchev–Trinajstić information content (AvgIpc) is 1.63. The van der Waals surface area contributed by atoms with Gasteiger partial charge < -0.3 is 50.8 Å². The molecule has 0 aliphatic heterocycles. The van der Waals surface area contributed by atoms with Crippen LogP contribution in [0.25, 0.3) is 10.4 Å². The Morgan fingerprint density at radius 3 is 1.55 bits per heavy atom. The normalized spacial score (nSPS) is 18.3. The maximum Gasteiger partial charge on any atom is 0.407 e. The summed E-state index contributed by atoms with van der Waals surface area (Å²) in [6, 6.07) is 16.3. The quantitative estimate of drug-likeness (QED) is 0.00486. The van der Waals surface area contributed by atoms with Crippen LogP contribution in [-0.4, -0.2) is 140 Å². The van der Waals surface area contributed by atoms with Gasteiger partial charge in [0.15, 0.2) is 11.6 Å². The lowest BCUT2D eigenvalue weighted by molar-refractivity contribution is -0.144. The molecule has 1 aromatic heterocycles. The van der Waals surface area contributed by atoms with E-state index in [0.29, 0.717) is 113 Å². The monoisotopic (exact) mass is 1520 g/mol. The van der Waals surface area contributed by atoms with E-state index in [1.807, 2.05) is 28.9 Å². The number of rotatable bonds is 34. The summed E-state index contributed by atoms with van der Waals surface area (Å²) in [7, 11) is 0. The number of nitrogens with one attached hydrogen (secondary N) is 6. The number of hydrogen-bond donors (Lipinski definition) is 6. The smallest absolute Gasteiger partial charge is 0.407 e. The van der Waals surface area contributed by atoms with Crippen LogP contribution >= 0.6 is 45.2 Å². The highest BCUT2D eigenvalue weighted by atomic mass is 125. The fourth-order valence-corrected chi connectivity index (χ4v) is 12.9. The number of amides is 6. The van der Waals surface area contributed by atoms with Gasteiger partial charge in [0.2, 0.25) is 23.6 Å². The van der Waals surface area contributed by atoms with Crippen molar-refractivity contribution >= 4 is 105 Å². The Bertz CT molecular complexity index is 3130. The zero-order chi connectivity index (χ0) is 68.2. The number of ether oxygens (including phenoxy) is 4. The number of aromatic nitrogens is 3. The molecule has 2 saturated carbocycles. The fourth-order valence-electron chi connectivity index (χ4n) is 11.7. The number of alkyl carbamates (subject to hydrolysis) is 2. The van der Waals surface area contributed by atoms with Crippen molar-refractivity contribution in [3.8, 4) is 11.8 Å². The molecule has 3 aromatic rings. The summed E-state index contributed by atoms with van der Waals surface area (Å²) in [4.78, 5) is 122. The first-order valence-corrected chi connectivity index (χ1v) is 34.5. The maximum atomic E-state index is 12.7. The van der Waals surface area contributed by atoms with E-state index < -0.39 is 47.8 Å². The van der Waals surface area contributed by atoms with Crippen molar-refractivity contribution in [2.75, 3.05) is 65.7 Å². The number of azide groups is 1. The Kier molecular flexibility index (Phi) is 35.2. The molecule has 1 heterocycles. The standard InChI is InChI=1S/C33H45IN6O7.C26H39N3O7.C7H6IN3/c1-3-46-31(43)18-37-32(44)23(16-25(42)17-36-21(2)41)8-4-5-14-35-33(45)47-20-28-26-10-12-29-30(13-11-27(26)28)40(39-38-29)19-22-7-6-9-24(34)15-22;1-3-35-24(32)16-29-25(33)19(14-20(31)15-28-18(2)30)10-8-9-13-27-26(34)36-17-23-21-11-6-4-5-7-12-22(21)23;8-7-3-1-2-6(4-7)5-10-11-9/h6-7,9,15,23,26-28H,3-5,8,10-14,16-20H2,1-2H3,(H,35,45)(H,36,41)(H,37,44);19,21-23H,3,6-17H2,1-2H3,(H,27,34)(H,28,30)(H,29,33);1-4H,5H2/t23?,26?,27?,28-;;/m1../s1/i34-2;;8-2. The molecule has 26 nitrogen and oxygen atoms in total. The Morgan fingerprint density at radius 2 is 1.09 bits per heavy atom. The number of aryl methyl sites for hydroxylation is 1. The van der Waals surface area contributed by atoms with Gasteiger partial charge in [-0.2, -0.15) is 0 Å². The van der Waals surface area contributed by atoms with Gasteiger partial charge in [0.05, 0.1) is 64.0 Å². The third kappa shape index (κ3) is 29.9. The molecule has 4 aliphatic rings. The van der Waals surface area contributed by atoms with Crippen LogP contribution in [0.1, 0.15) is 140 Å². The number of benzene rings is 2. The zero-order valence-electron chi connectivity index (χ0n) is 54.2. The van der Waals surface area contributed by atoms with Gasteiger partial charge in [-0.1, -0.05) is 47.4 Å². The molecular formula is C66H90I2N12O14. The highest BCUT2D eigenvalue weighted by Crippen LogP contribution is 2.53. The van der Waals surface area contributed by atoms with E-state index in [4.69, 9.17) is 24.5 Å². The van der Waals surface area contributed by atoms with Gasteiger partial charge >= 0.3 is 24.1 Å². The van der Waals surface area contributed by atoms with E-state index in [2.05, 4.69) is 134 Å². The third-order valence-corrected chi connectivity index (χ3v) is 18.0. The molecule has 0 bridgehead atoms. The minimum absolute atomic E-state index is 0.0564. The molecular weight excluding hydrogens is 1430 g/mol. The van der Waals surface area contributed by atoms with Gasteiger partial charge in [-0.3, -0.25) is 38.4 Å². The molecule has 6 N–H and O–H groups in total. The van der Waals surface area contributed by atoms with Crippen molar-refractivity contribution in [3.63, 3.8) is 0 Å². The number of esters is 2. The van der Waals surface area contributed by atoms with Crippen LogP contribution in [0.3, 0.4) is 0 Å². The molecule has 7 atom stereocenters. The number of hydrogen-bond acceptors (Lipinski definition) is 17. The van der Waals surface area contributed by atoms with Crippen LogP contribution in [0.2, 0.25) is 0 Å². The van der Waals surface area contributed by atoms with Gasteiger partial charge in [0.25, 0.3) is 0 Å². The Morgan fingerprint density at radius 1 is 0.617 bits per heavy atom. The number of Topliss-reactive ketones (excluding diaryl/α,β-unsaturated/α-hetero) is 2. The second kappa shape index (κ2) is 42.8. The topological polar surface area (TPSA) is 359 Å². The number of unbranched alkanes of at least 4 members (excludes halogenated alkanes) is 2. The van der Waals surface area contributed by atoms with Crippen LogP contribution in [0.15, 0.2) is 53.6 Å². The Labute approximate surface area is 576 Å². The van der Waals surface area contributed by atoms with Gasteiger partial charge in [0, 0.05) is 76.5 Å². The fraction of sp³-hybridized carbons (Fsp3) is 0.606. The summed E-state index contributed by atoms with van der Waals surface area (Å²) in [6.45, 7) is 8.22. The van der Waals surface area contributed by atoms with Crippen molar-refractivity contribution in [2.24, 2.45) is 52.5 Å². The van der Waals surface area contributed by atoms with Crippen molar-refractivity contribution in [1.82, 2.24) is 46.9 Å². The first-order valence-electron chi connectivity index (χ1n) is 32.4. The summed E-state index contributed by atoms with van der Waals surface area (Å²) in [5.41, 5.74) is 12.6. The second-order valence-electron chi connectivity index (χ2n) is 23.6. The highest BCUT2D eigenvalue weighted by Gasteiger charge is 2.51. The third-order valence-electron chi connectivity index (χ3n) is 16.6. The van der Waals surface area contributed by atoms with Crippen LogP contribution < -0.4 is 31.9 Å². The van der Waals surface area contributed by atoms with E-state index in [0.717, 1.165) is 66.2 Å². The lowest BCUT2D eigenvalue weighted by atomic mass is 9.95. The first kappa shape index (κ1) is 77.3. The predicted molar refractivity (Wildman–Crippen MR) is 363 cm³/mol. The van der Waals surface area contributed by atoms with E-state index >= 15 is 0 Å². The van der Waals surface area contributed by atoms with E-state index in [1.165, 1.54) is 28.7 Å². The Balaban J connectivity index is 0.000000300. The van der Waals surface area contributed by atoms with Crippen molar-refractivity contribution in [1.29, 1.82) is 0 Å². The van der Waals surface area contributed by atoms with Crippen molar-refractivity contribution < 1.29 is 66.9 Å². The lowest BCUT2D eigenvalue weighted by Gasteiger charge is -2.16. The van der Waals surface area contributed by atoms with Crippen molar-refractivity contribution in [2.45, 2.75) is 144 Å². The summed E-state index contributed by atoms with van der Waals surface area (Å²) in [5, 5.41) is 27.8. The minimum atomic E-state index is -0.671. The van der Waals surface area contributed by atoms with Gasteiger partial charge in [0.1, 0.15) is 13.1 Å². The van der Waals surface area contributed by atoms with E-state index in [9.17, 15) is 47.9 Å².